The van der Waals surface area contributed by atoms with Gasteiger partial charge < -0.3 is 5.32 Å². The van der Waals surface area contributed by atoms with E-state index >= 15 is 0 Å². The topological polar surface area (TPSA) is 15.3 Å². The van der Waals surface area contributed by atoms with Gasteiger partial charge in [0.25, 0.3) is 0 Å². The minimum absolute atomic E-state index is 0.0139. The molecule has 0 bridgehead atoms. The van der Waals surface area contributed by atoms with E-state index in [-0.39, 0.29) is 16.6 Å². The second kappa shape index (κ2) is 5.95. The lowest BCUT2D eigenvalue weighted by Gasteiger charge is -2.35. The lowest BCUT2D eigenvalue weighted by molar-refractivity contribution is 0.163. The normalized spacial score (nSPS) is 18.9. The van der Waals surface area contributed by atoms with E-state index in [9.17, 15) is 8.78 Å². The van der Waals surface area contributed by atoms with Crippen LogP contribution in [-0.4, -0.2) is 31.1 Å². The summed E-state index contributed by atoms with van der Waals surface area (Å²) in [5.41, 5.74) is 0.104. The van der Waals surface area contributed by atoms with Gasteiger partial charge in [0, 0.05) is 37.8 Å². The highest BCUT2D eigenvalue weighted by Gasteiger charge is 2.27. The summed E-state index contributed by atoms with van der Waals surface area (Å²) >= 11 is 5.75. The Morgan fingerprint density at radius 2 is 2.00 bits per heavy atom. The van der Waals surface area contributed by atoms with E-state index in [4.69, 9.17) is 11.6 Å². The van der Waals surface area contributed by atoms with Crippen molar-refractivity contribution >= 4 is 11.6 Å². The molecule has 1 saturated heterocycles. The van der Waals surface area contributed by atoms with Crippen molar-refractivity contribution in [1.29, 1.82) is 0 Å². The van der Waals surface area contributed by atoms with Gasteiger partial charge in [-0.05, 0) is 18.6 Å². The van der Waals surface area contributed by atoms with Crippen LogP contribution in [0.25, 0.3) is 0 Å². The first-order valence-corrected chi connectivity index (χ1v) is 6.61. The second-order valence-corrected chi connectivity index (χ2v) is 4.87. The summed E-state index contributed by atoms with van der Waals surface area (Å²) in [6.45, 7) is 5.22. The third-order valence-corrected chi connectivity index (χ3v) is 3.68. The highest BCUT2D eigenvalue weighted by atomic mass is 35.5. The zero-order chi connectivity index (χ0) is 13.1. The van der Waals surface area contributed by atoms with Gasteiger partial charge in [-0.15, -0.1) is 0 Å². The van der Waals surface area contributed by atoms with E-state index in [0.29, 0.717) is 6.42 Å². The molecule has 2 nitrogen and oxygen atoms in total. The molecule has 0 saturated carbocycles. The van der Waals surface area contributed by atoms with Gasteiger partial charge in [0.15, 0.2) is 0 Å². The minimum atomic E-state index is -0.623. The van der Waals surface area contributed by atoms with Crippen LogP contribution >= 0.6 is 11.6 Å². The van der Waals surface area contributed by atoms with Gasteiger partial charge in [-0.25, -0.2) is 8.78 Å². The molecule has 1 aromatic rings. The average Bonchev–Trinajstić information content (AvgIpc) is 2.40. The Morgan fingerprint density at radius 1 is 1.33 bits per heavy atom. The van der Waals surface area contributed by atoms with Gasteiger partial charge in [-0.2, -0.15) is 0 Å². The Kier molecular flexibility index (Phi) is 4.54. The fourth-order valence-corrected chi connectivity index (χ4v) is 2.65. The summed E-state index contributed by atoms with van der Waals surface area (Å²) in [4.78, 5) is 2.11. The van der Waals surface area contributed by atoms with Crippen molar-refractivity contribution < 1.29 is 8.78 Å². The molecule has 0 aromatic heterocycles. The summed E-state index contributed by atoms with van der Waals surface area (Å²) < 4.78 is 27.9. The molecule has 1 aliphatic heterocycles. The van der Waals surface area contributed by atoms with Gasteiger partial charge in [-0.3, -0.25) is 4.90 Å². The van der Waals surface area contributed by atoms with Crippen LogP contribution in [0.4, 0.5) is 8.78 Å². The SMILES string of the molecule is CC[C@H](c1c(F)ccc(Cl)c1F)N1CCNCC1. The molecule has 1 atom stereocenters. The maximum absolute atomic E-state index is 14.0. The van der Waals surface area contributed by atoms with Gasteiger partial charge >= 0.3 is 0 Å². The van der Waals surface area contributed by atoms with E-state index in [0.717, 1.165) is 26.2 Å². The minimum Gasteiger partial charge on any atom is -0.314 e. The Bertz CT molecular complexity index is 420. The molecule has 100 valence electrons. The van der Waals surface area contributed by atoms with E-state index in [1.165, 1.54) is 12.1 Å². The van der Waals surface area contributed by atoms with Crippen LogP contribution in [0.5, 0.6) is 0 Å². The molecule has 1 aliphatic rings. The Labute approximate surface area is 111 Å². The predicted octanol–water partition coefficient (Wildman–Crippen LogP) is 2.97. The van der Waals surface area contributed by atoms with Crippen molar-refractivity contribution in [3.63, 3.8) is 0 Å². The van der Waals surface area contributed by atoms with Crippen molar-refractivity contribution in [2.75, 3.05) is 26.2 Å². The molecule has 0 spiro atoms. The first kappa shape index (κ1) is 13.7. The molecular weight excluding hydrogens is 258 g/mol. The maximum atomic E-state index is 14.0. The quantitative estimate of drug-likeness (QED) is 0.853. The van der Waals surface area contributed by atoms with E-state index in [1.807, 2.05) is 6.92 Å². The molecule has 1 N–H and O–H groups in total. The van der Waals surface area contributed by atoms with Crippen LogP contribution < -0.4 is 5.32 Å². The number of nitrogens with zero attached hydrogens (tertiary/aromatic N) is 1. The van der Waals surface area contributed by atoms with Crippen LogP contribution in [-0.2, 0) is 0 Å². The molecule has 0 unspecified atom stereocenters. The number of halogens is 3. The lowest BCUT2D eigenvalue weighted by Crippen LogP contribution is -2.45. The molecule has 5 heteroatoms. The number of benzene rings is 1. The highest BCUT2D eigenvalue weighted by molar-refractivity contribution is 6.30. The standard InChI is InChI=1S/C13H17ClF2N2/c1-2-11(18-7-5-17-6-8-18)12-10(15)4-3-9(14)13(12)16/h3-4,11,17H,2,5-8H2,1H3/t11-/m1/s1. The Balaban J connectivity index is 2.34. The number of nitrogens with one attached hydrogen (secondary N) is 1. The molecule has 1 fully saturated rings. The van der Waals surface area contributed by atoms with E-state index in [1.54, 1.807) is 0 Å². The number of hydrogen-bond donors (Lipinski definition) is 1. The third-order valence-electron chi connectivity index (χ3n) is 3.39. The number of hydrogen-bond acceptors (Lipinski definition) is 2. The van der Waals surface area contributed by atoms with Gasteiger partial charge in [0.05, 0.1) is 5.02 Å². The summed E-state index contributed by atoms with van der Waals surface area (Å²) in [5, 5.41) is 3.22. The average molecular weight is 275 g/mol. The largest absolute Gasteiger partial charge is 0.314 e. The second-order valence-electron chi connectivity index (χ2n) is 4.47. The first-order chi connectivity index (χ1) is 8.65. The highest BCUT2D eigenvalue weighted by Crippen LogP contribution is 2.32. The Hall–Kier alpha value is -0.710. The smallest absolute Gasteiger partial charge is 0.149 e. The van der Waals surface area contributed by atoms with Crippen molar-refractivity contribution in [3.05, 3.63) is 34.4 Å². The van der Waals surface area contributed by atoms with Gasteiger partial charge in [0.2, 0.25) is 0 Å². The molecule has 2 rings (SSSR count). The zero-order valence-corrected chi connectivity index (χ0v) is 11.1. The van der Waals surface area contributed by atoms with Gasteiger partial charge in [-0.1, -0.05) is 18.5 Å². The maximum Gasteiger partial charge on any atom is 0.149 e. The molecule has 0 amide bonds. The summed E-state index contributed by atoms with van der Waals surface area (Å²) in [6.07, 6.45) is 0.661. The van der Waals surface area contributed by atoms with E-state index < -0.39 is 11.6 Å². The van der Waals surface area contributed by atoms with Crippen LogP contribution in [0.1, 0.15) is 24.9 Å². The van der Waals surface area contributed by atoms with Gasteiger partial charge in [0.1, 0.15) is 11.6 Å². The fraction of sp³-hybridized carbons (Fsp3) is 0.538. The molecule has 1 aromatic carbocycles. The van der Waals surface area contributed by atoms with Crippen LogP contribution in [0, 0.1) is 11.6 Å². The molecular formula is C13H17ClF2N2. The van der Waals surface area contributed by atoms with Crippen LogP contribution in [0.2, 0.25) is 5.02 Å². The van der Waals surface area contributed by atoms with E-state index in [2.05, 4.69) is 10.2 Å². The van der Waals surface area contributed by atoms with Crippen molar-refractivity contribution in [1.82, 2.24) is 10.2 Å². The third kappa shape index (κ3) is 2.66. The van der Waals surface area contributed by atoms with Crippen molar-refractivity contribution in [3.8, 4) is 0 Å². The van der Waals surface area contributed by atoms with Crippen molar-refractivity contribution in [2.24, 2.45) is 0 Å². The molecule has 18 heavy (non-hydrogen) atoms. The molecule has 0 radical (unpaired) electrons. The molecule has 0 aliphatic carbocycles. The summed E-state index contributed by atoms with van der Waals surface area (Å²) in [6, 6.07) is 2.26. The van der Waals surface area contributed by atoms with Crippen LogP contribution in [0.15, 0.2) is 12.1 Å². The number of rotatable bonds is 3. The monoisotopic (exact) mass is 274 g/mol. The van der Waals surface area contributed by atoms with Crippen molar-refractivity contribution in [2.45, 2.75) is 19.4 Å². The zero-order valence-electron chi connectivity index (χ0n) is 10.3. The lowest BCUT2D eigenvalue weighted by atomic mass is 10.0. The number of piperazine rings is 1. The molecule has 1 heterocycles. The Morgan fingerprint density at radius 3 is 2.61 bits per heavy atom. The predicted molar refractivity (Wildman–Crippen MR) is 68.8 cm³/mol. The fourth-order valence-electron chi connectivity index (χ4n) is 2.49. The first-order valence-electron chi connectivity index (χ1n) is 6.23. The van der Waals surface area contributed by atoms with Crippen LogP contribution in [0.3, 0.4) is 0 Å². The summed E-state index contributed by atoms with van der Waals surface area (Å²) in [7, 11) is 0. The summed E-state index contributed by atoms with van der Waals surface area (Å²) in [5.74, 6) is -1.13.